The number of aromatic nitrogens is 1. The molecule has 1 fully saturated rings. The maximum atomic E-state index is 12.4. The molecular weight excluding hydrogens is 262 g/mol. The Hall–Kier alpha value is -1.29. The maximum Gasteiger partial charge on any atom is 0.255 e. The molecule has 0 spiro atoms. The molecule has 1 aromatic heterocycles. The zero-order chi connectivity index (χ0) is 14.0. The summed E-state index contributed by atoms with van der Waals surface area (Å²) in [6, 6.07) is 1.69. The molecule has 0 bridgehead atoms. The van der Waals surface area contributed by atoms with Crippen LogP contribution in [0.25, 0.3) is 0 Å². The lowest BCUT2D eigenvalue weighted by molar-refractivity contribution is 0.0627. The fourth-order valence-corrected chi connectivity index (χ4v) is 2.63. The number of rotatable bonds is 2. The second-order valence-corrected chi connectivity index (χ2v) is 5.71. The van der Waals surface area contributed by atoms with Gasteiger partial charge in [-0.2, -0.15) is 0 Å². The average Bonchev–Trinajstić information content (AvgIpc) is 2.41. The smallest absolute Gasteiger partial charge is 0.255 e. The summed E-state index contributed by atoms with van der Waals surface area (Å²) in [5.74, 6) is 1.84. The number of likely N-dealkylation sites (tertiary alicyclic amines) is 1. The van der Waals surface area contributed by atoms with Crippen molar-refractivity contribution in [2.45, 2.75) is 20.3 Å². The summed E-state index contributed by atoms with van der Waals surface area (Å²) >= 11 is 6.07. The first-order chi connectivity index (χ1) is 9.02. The largest absolute Gasteiger partial charge is 0.372 e. The van der Waals surface area contributed by atoms with Crippen LogP contribution in [0, 0.1) is 11.8 Å². The third-order valence-electron chi connectivity index (χ3n) is 3.95. The highest BCUT2D eigenvalue weighted by Crippen LogP contribution is 2.25. The number of nitrogens with one attached hydrogen (secondary N) is 1. The highest BCUT2D eigenvalue weighted by molar-refractivity contribution is 6.33. The van der Waals surface area contributed by atoms with E-state index in [-0.39, 0.29) is 5.91 Å². The molecule has 5 heteroatoms. The van der Waals surface area contributed by atoms with E-state index in [2.05, 4.69) is 24.1 Å². The van der Waals surface area contributed by atoms with Gasteiger partial charge in [0.05, 0.1) is 10.6 Å². The summed E-state index contributed by atoms with van der Waals surface area (Å²) in [5, 5.41) is 3.36. The molecule has 1 aliphatic rings. The van der Waals surface area contributed by atoms with Crippen molar-refractivity contribution in [3.8, 4) is 0 Å². The van der Waals surface area contributed by atoms with Crippen LogP contribution < -0.4 is 5.32 Å². The van der Waals surface area contributed by atoms with Gasteiger partial charge < -0.3 is 10.2 Å². The van der Waals surface area contributed by atoms with E-state index < -0.39 is 0 Å². The van der Waals surface area contributed by atoms with Gasteiger partial charge in [-0.25, -0.2) is 4.98 Å². The number of nitrogens with zero attached hydrogens (tertiary/aromatic N) is 2. The van der Waals surface area contributed by atoms with Gasteiger partial charge in [0.2, 0.25) is 0 Å². The number of hydrogen-bond acceptors (Lipinski definition) is 3. The predicted molar refractivity (Wildman–Crippen MR) is 77.6 cm³/mol. The van der Waals surface area contributed by atoms with Crippen molar-refractivity contribution >= 4 is 23.3 Å². The Kier molecular flexibility index (Phi) is 4.30. The van der Waals surface area contributed by atoms with Crippen LogP contribution in [0.2, 0.25) is 5.02 Å². The third-order valence-corrected chi connectivity index (χ3v) is 4.23. The summed E-state index contributed by atoms with van der Waals surface area (Å²) in [6.07, 6.45) is 2.64. The summed E-state index contributed by atoms with van der Waals surface area (Å²) in [5.41, 5.74) is 0.561. The van der Waals surface area contributed by atoms with Crippen LogP contribution in [0.5, 0.6) is 0 Å². The van der Waals surface area contributed by atoms with Gasteiger partial charge in [0.15, 0.2) is 0 Å². The molecular formula is C14H20ClN3O. The number of anilines is 1. The van der Waals surface area contributed by atoms with Crippen LogP contribution >= 0.6 is 11.6 Å². The van der Waals surface area contributed by atoms with E-state index in [1.54, 1.807) is 19.3 Å². The van der Waals surface area contributed by atoms with E-state index >= 15 is 0 Å². The number of halogens is 1. The lowest BCUT2D eigenvalue weighted by Crippen LogP contribution is -2.42. The number of piperidine rings is 1. The molecule has 2 heterocycles. The minimum atomic E-state index is 0.0239. The Labute approximate surface area is 119 Å². The molecule has 1 aliphatic heterocycles. The van der Waals surface area contributed by atoms with Crippen molar-refractivity contribution in [3.63, 3.8) is 0 Å². The Balaban J connectivity index is 2.13. The second-order valence-electron chi connectivity index (χ2n) is 5.30. The van der Waals surface area contributed by atoms with Gasteiger partial charge in [0.25, 0.3) is 5.91 Å². The molecule has 0 aliphatic carbocycles. The molecule has 0 saturated carbocycles. The van der Waals surface area contributed by atoms with Crippen molar-refractivity contribution < 1.29 is 4.79 Å². The lowest BCUT2D eigenvalue weighted by Gasteiger charge is -2.35. The summed E-state index contributed by atoms with van der Waals surface area (Å²) in [7, 11) is 1.75. The van der Waals surface area contributed by atoms with Crippen molar-refractivity contribution in [2.24, 2.45) is 11.8 Å². The highest BCUT2D eigenvalue weighted by atomic mass is 35.5. The average molecular weight is 282 g/mol. The Bertz CT molecular complexity index is 478. The van der Waals surface area contributed by atoms with Crippen LogP contribution in [0.4, 0.5) is 5.82 Å². The molecule has 2 rings (SSSR count). The predicted octanol–water partition coefficient (Wildman–Crippen LogP) is 2.89. The van der Waals surface area contributed by atoms with E-state index in [0.717, 1.165) is 19.5 Å². The maximum absolute atomic E-state index is 12.4. The number of carbonyl (C=O) groups excluding carboxylic acids is 1. The standard InChI is InChI=1S/C14H20ClN3O/c1-9-4-5-18(8-10(9)2)14(19)11-6-12(15)13(16-3)17-7-11/h6-7,9-10H,4-5,8H2,1-3H3,(H,16,17). The molecule has 1 N–H and O–H groups in total. The topological polar surface area (TPSA) is 45.2 Å². The van der Waals surface area contributed by atoms with Gasteiger partial charge in [-0.15, -0.1) is 0 Å². The monoisotopic (exact) mass is 281 g/mol. The summed E-state index contributed by atoms with van der Waals surface area (Å²) in [6.45, 7) is 6.06. The van der Waals surface area contributed by atoms with E-state index in [1.165, 1.54) is 0 Å². The number of carbonyl (C=O) groups is 1. The van der Waals surface area contributed by atoms with Gasteiger partial charge in [0, 0.05) is 26.3 Å². The van der Waals surface area contributed by atoms with Crippen LogP contribution in [-0.2, 0) is 0 Å². The Morgan fingerprint density at radius 3 is 2.79 bits per heavy atom. The molecule has 1 aromatic rings. The molecule has 1 amide bonds. The molecule has 2 unspecified atom stereocenters. The van der Waals surface area contributed by atoms with Crippen LogP contribution in [0.3, 0.4) is 0 Å². The van der Waals surface area contributed by atoms with Gasteiger partial charge in [-0.3, -0.25) is 4.79 Å². The van der Waals surface area contributed by atoms with Crippen LogP contribution in [0.1, 0.15) is 30.6 Å². The fraction of sp³-hybridized carbons (Fsp3) is 0.571. The molecule has 0 aromatic carbocycles. The second kappa shape index (κ2) is 5.78. The Morgan fingerprint density at radius 2 is 2.21 bits per heavy atom. The van der Waals surface area contributed by atoms with E-state index in [0.29, 0.717) is 28.2 Å². The van der Waals surface area contributed by atoms with Crippen LogP contribution in [0.15, 0.2) is 12.3 Å². The third kappa shape index (κ3) is 3.00. The van der Waals surface area contributed by atoms with Crippen molar-refractivity contribution in [3.05, 3.63) is 22.8 Å². The lowest BCUT2D eigenvalue weighted by atomic mass is 9.88. The zero-order valence-corrected chi connectivity index (χ0v) is 12.4. The quantitative estimate of drug-likeness (QED) is 0.907. The van der Waals surface area contributed by atoms with Crippen molar-refractivity contribution in [1.82, 2.24) is 9.88 Å². The molecule has 1 saturated heterocycles. The first-order valence-electron chi connectivity index (χ1n) is 6.65. The minimum Gasteiger partial charge on any atom is -0.372 e. The molecule has 4 nitrogen and oxygen atoms in total. The summed E-state index contributed by atoms with van der Waals surface area (Å²) < 4.78 is 0. The molecule has 104 valence electrons. The van der Waals surface area contributed by atoms with E-state index in [4.69, 9.17) is 11.6 Å². The van der Waals surface area contributed by atoms with Gasteiger partial charge in [-0.05, 0) is 24.3 Å². The van der Waals surface area contributed by atoms with Gasteiger partial charge >= 0.3 is 0 Å². The highest BCUT2D eigenvalue weighted by Gasteiger charge is 2.26. The van der Waals surface area contributed by atoms with Gasteiger partial charge in [0.1, 0.15) is 5.82 Å². The summed E-state index contributed by atoms with van der Waals surface area (Å²) in [4.78, 5) is 18.5. The van der Waals surface area contributed by atoms with E-state index in [9.17, 15) is 4.79 Å². The van der Waals surface area contributed by atoms with Crippen molar-refractivity contribution in [2.75, 3.05) is 25.5 Å². The van der Waals surface area contributed by atoms with E-state index in [1.807, 2.05) is 4.90 Å². The number of pyridine rings is 1. The normalized spacial score (nSPS) is 23.3. The van der Waals surface area contributed by atoms with Gasteiger partial charge in [-0.1, -0.05) is 25.4 Å². The Morgan fingerprint density at radius 1 is 1.47 bits per heavy atom. The number of amides is 1. The molecule has 0 radical (unpaired) electrons. The zero-order valence-electron chi connectivity index (χ0n) is 11.6. The molecule has 19 heavy (non-hydrogen) atoms. The first-order valence-corrected chi connectivity index (χ1v) is 7.03. The molecule has 2 atom stereocenters. The SMILES string of the molecule is CNc1ncc(C(=O)N2CCC(C)C(C)C2)cc1Cl. The minimum absolute atomic E-state index is 0.0239. The van der Waals surface area contributed by atoms with Crippen molar-refractivity contribution in [1.29, 1.82) is 0 Å². The fourth-order valence-electron chi connectivity index (χ4n) is 2.37. The van der Waals surface area contributed by atoms with Crippen LogP contribution in [-0.4, -0.2) is 35.9 Å². The number of hydrogen-bond donors (Lipinski definition) is 1. The first kappa shape index (κ1) is 14.1.